The molecule has 0 spiro atoms. The molecule has 0 aliphatic heterocycles. The molecule has 0 aromatic rings. The van der Waals surface area contributed by atoms with Gasteiger partial charge in [-0.3, -0.25) is 6.08 Å². The molecule has 0 N–H and O–H groups in total. The van der Waals surface area contributed by atoms with Gasteiger partial charge >= 0.3 is 0 Å². The SMILES string of the molecule is C=CCCl.[C-]1=CC=CC1.[Ti]. The normalized spacial score (nSPS) is 11.3. The van der Waals surface area contributed by atoms with Crippen molar-refractivity contribution in [2.75, 3.05) is 5.88 Å². The fourth-order valence-electron chi connectivity index (χ4n) is 0.340. The van der Waals surface area contributed by atoms with Crippen molar-refractivity contribution >= 4 is 11.6 Å². The maximum absolute atomic E-state index is 5.07. The molecule has 0 aromatic carbocycles. The molecule has 0 saturated heterocycles. The van der Waals surface area contributed by atoms with Gasteiger partial charge < -0.3 is 0 Å². The average Bonchev–Trinajstić information content (AvgIpc) is 2.43. The van der Waals surface area contributed by atoms with E-state index in [0.717, 1.165) is 6.42 Å². The summed E-state index contributed by atoms with van der Waals surface area (Å²) in [5.74, 6) is 0.556. The molecule has 0 nitrogen and oxygen atoms in total. The number of halogens is 1. The number of rotatable bonds is 1. The minimum absolute atomic E-state index is 0. The van der Waals surface area contributed by atoms with Crippen LogP contribution in [-0.4, -0.2) is 5.88 Å². The monoisotopic (exact) mass is 189 g/mol. The molecular formula is C8H10ClTi-. The van der Waals surface area contributed by atoms with E-state index in [1.165, 1.54) is 0 Å². The summed E-state index contributed by atoms with van der Waals surface area (Å²) in [5, 5.41) is 0. The largest absolute Gasteiger partial charge is 0.273 e. The van der Waals surface area contributed by atoms with Crippen molar-refractivity contribution in [1.82, 2.24) is 0 Å². The zero-order chi connectivity index (χ0) is 6.95. The molecule has 0 aromatic heterocycles. The van der Waals surface area contributed by atoms with E-state index in [0.29, 0.717) is 5.88 Å². The summed E-state index contributed by atoms with van der Waals surface area (Å²) in [5.41, 5.74) is 0. The van der Waals surface area contributed by atoms with Crippen molar-refractivity contribution in [3.63, 3.8) is 0 Å². The standard InChI is InChI=1S/C5H5.C3H5Cl.Ti/c1-2-4-5-3-1;1-2-3-4;/h1-3H,4H2;2H,1,3H2;/q-1;;. The van der Waals surface area contributed by atoms with E-state index < -0.39 is 0 Å². The van der Waals surface area contributed by atoms with E-state index in [2.05, 4.69) is 18.7 Å². The zero-order valence-corrected chi connectivity index (χ0v) is 8.13. The number of allylic oxidation sites excluding steroid dienone is 5. The smallest absolute Gasteiger partial charge is 0.0401 e. The third kappa shape index (κ3) is 11.1. The van der Waals surface area contributed by atoms with Gasteiger partial charge in [0.2, 0.25) is 0 Å². The third-order valence-electron chi connectivity index (χ3n) is 0.695. The Morgan fingerprint density at radius 1 is 1.70 bits per heavy atom. The van der Waals surface area contributed by atoms with Gasteiger partial charge in [0.15, 0.2) is 0 Å². The molecule has 1 aliphatic rings. The second-order valence-electron chi connectivity index (χ2n) is 1.45. The molecule has 0 fully saturated rings. The van der Waals surface area contributed by atoms with Crippen molar-refractivity contribution in [2.45, 2.75) is 6.42 Å². The Kier molecular flexibility index (Phi) is 15.4. The van der Waals surface area contributed by atoms with E-state index in [1.54, 1.807) is 6.08 Å². The predicted molar refractivity (Wildman–Crippen MR) is 42.5 cm³/mol. The quantitative estimate of drug-likeness (QED) is 0.258. The summed E-state index contributed by atoms with van der Waals surface area (Å²) in [6.07, 6.45) is 11.6. The summed E-state index contributed by atoms with van der Waals surface area (Å²) in [4.78, 5) is 0. The molecule has 0 atom stereocenters. The van der Waals surface area contributed by atoms with E-state index in [4.69, 9.17) is 11.6 Å². The summed E-state index contributed by atoms with van der Waals surface area (Å²) in [6, 6.07) is 0. The summed E-state index contributed by atoms with van der Waals surface area (Å²) in [7, 11) is 0. The average molecular weight is 189 g/mol. The van der Waals surface area contributed by atoms with Crippen LogP contribution in [0.5, 0.6) is 0 Å². The first-order valence-electron chi connectivity index (χ1n) is 2.80. The van der Waals surface area contributed by atoms with Crippen molar-refractivity contribution in [1.29, 1.82) is 0 Å². The first-order valence-corrected chi connectivity index (χ1v) is 3.34. The maximum Gasteiger partial charge on any atom is 0.0401 e. The van der Waals surface area contributed by atoms with Crippen LogP contribution in [-0.2, 0) is 21.7 Å². The predicted octanol–water partition coefficient (Wildman–Crippen LogP) is 2.71. The van der Waals surface area contributed by atoms with Gasteiger partial charge in [-0.2, -0.15) is 6.08 Å². The van der Waals surface area contributed by atoms with Gasteiger partial charge in [0, 0.05) is 27.6 Å². The molecule has 1 rings (SSSR count). The molecule has 0 heterocycles. The molecule has 0 saturated carbocycles. The van der Waals surface area contributed by atoms with Crippen LogP contribution < -0.4 is 0 Å². The van der Waals surface area contributed by atoms with Crippen LogP contribution in [0.2, 0.25) is 0 Å². The number of hydrogen-bond donors (Lipinski definition) is 0. The number of hydrogen-bond acceptors (Lipinski definition) is 0. The Morgan fingerprint density at radius 3 is 2.40 bits per heavy atom. The van der Waals surface area contributed by atoms with Crippen LogP contribution in [0.1, 0.15) is 6.42 Å². The van der Waals surface area contributed by atoms with Crippen LogP contribution in [0.4, 0.5) is 0 Å². The van der Waals surface area contributed by atoms with Crippen LogP contribution in [0.25, 0.3) is 0 Å². The van der Waals surface area contributed by atoms with E-state index in [9.17, 15) is 0 Å². The Hall–Kier alpha value is 0.224. The zero-order valence-electron chi connectivity index (χ0n) is 5.81. The van der Waals surface area contributed by atoms with E-state index >= 15 is 0 Å². The molecule has 0 amide bonds. The Labute approximate surface area is 82.5 Å². The van der Waals surface area contributed by atoms with Crippen LogP contribution >= 0.6 is 11.6 Å². The minimum atomic E-state index is 0. The maximum atomic E-state index is 5.07. The molecule has 54 valence electrons. The molecule has 0 bridgehead atoms. The van der Waals surface area contributed by atoms with Crippen LogP contribution in [0.15, 0.2) is 30.9 Å². The van der Waals surface area contributed by atoms with E-state index in [1.807, 2.05) is 12.2 Å². The van der Waals surface area contributed by atoms with Crippen molar-refractivity contribution < 1.29 is 21.7 Å². The van der Waals surface area contributed by atoms with Gasteiger partial charge in [-0.25, -0.2) is 12.2 Å². The van der Waals surface area contributed by atoms with Gasteiger partial charge in [-0.05, 0) is 0 Å². The topological polar surface area (TPSA) is 0 Å². The van der Waals surface area contributed by atoms with Gasteiger partial charge in [0.25, 0.3) is 0 Å². The van der Waals surface area contributed by atoms with Crippen molar-refractivity contribution in [3.05, 3.63) is 37.0 Å². The van der Waals surface area contributed by atoms with Gasteiger partial charge in [-0.15, -0.1) is 24.6 Å². The summed E-state index contributed by atoms with van der Waals surface area (Å²) >= 11 is 5.07. The summed E-state index contributed by atoms with van der Waals surface area (Å²) < 4.78 is 0. The van der Waals surface area contributed by atoms with Crippen LogP contribution in [0, 0.1) is 6.08 Å². The minimum Gasteiger partial charge on any atom is -0.273 e. The first-order chi connectivity index (χ1) is 4.41. The van der Waals surface area contributed by atoms with Crippen molar-refractivity contribution in [2.24, 2.45) is 0 Å². The second kappa shape index (κ2) is 12.0. The van der Waals surface area contributed by atoms with Gasteiger partial charge in [-0.1, -0.05) is 6.08 Å². The second-order valence-corrected chi connectivity index (χ2v) is 1.75. The van der Waals surface area contributed by atoms with Gasteiger partial charge in [0.05, 0.1) is 0 Å². The molecule has 0 unspecified atom stereocenters. The van der Waals surface area contributed by atoms with E-state index in [-0.39, 0.29) is 21.7 Å². The Morgan fingerprint density at radius 2 is 2.30 bits per heavy atom. The molecular weight excluding hydrogens is 179 g/mol. The molecule has 2 heteroatoms. The third-order valence-corrected chi connectivity index (χ3v) is 0.913. The first kappa shape index (κ1) is 12.9. The fourth-order valence-corrected chi connectivity index (χ4v) is 0.340. The number of alkyl halides is 1. The molecule has 0 radical (unpaired) electrons. The van der Waals surface area contributed by atoms with Crippen LogP contribution in [0.3, 0.4) is 0 Å². The van der Waals surface area contributed by atoms with Crippen molar-refractivity contribution in [3.8, 4) is 0 Å². The Bertz CT molecular complexity index is 106. The fraction of sp³-hybridized carbons (Fsp3) is 0.250. The molecule has 10 heavy (non-hydrogen) atoms. The molecule has 1 aliphatic carbocycles. The summed E-state index contributed by atoms with van der Waals surface area (Å²) in [6.45, 7) is 3.35. The Balaban J connectivity index is 0. The van der Waals surface area contributed by atoms with Gasteiger partial charge in [0.1, 0.15) is 0 Å².